The van der Waals surface area contributed by atoms with Crippen LogP contribution < -0.4 is 11.1 Å². The lowest BCUT2D eigenvalue weighted by molar-refractivity contribution is -0.114. The molecule has 1 rings (SSSR count). The average molecular weight is 164 g/mol. The van der Waals surface area contributed by atoms with Crippen molar-refractivity contribution in [3.8, 4) is 0 Å². The van der Waals surface area contributed by atoms with Crippen LogP contribution in [-0.4, -0.2) is 11.7 Å². The minimum Gasteiger partial charge on any atom is -0.365 e. The Morgan fingerprint density at radius 2 is 2.17 bits per heavy atom. The van der Waals surface area contributed by atoms with Crippen molar-refractivity contribution in [2.75, 3.05) is 0 Å². The summed E-state index contributed by atoms with van der Waals surface area (Å²) < 4.78 is 0. The van der Waals surface area contributed by atoms with Crippen LogP contribution in [0.15, 0.2) is 22.9 Å². The van der Waals surface area contributed by atoms with Crippen molar-refractivity contribution >= 4 is 11.7 Å². The van der Waals surface area contributed by atoms with Gasteiger partial charge in [0.15, 0.2) is 5.84 Å². The van der Waals surface area contributed by atoms with Gasteiger partial charge in [0.2, 0.25) is 0 Å². The molecule has 4 nitrogen and oxygen atoms in total. The predicted octanol–water partition coefficient (Wildman–Crippen LogP) is 0.287. The number of hydrogen-bond donors (Lipinski definition) is 2. The van der Waals surface area contributed by atoms with E-state index in [-0.39, 0.29) is 11.4 Å². The van der Waals surface area contributed by atoms with E-state index in [0.717, 1.165) is 5.70 Å². The maximum Gasteiger partial charge on any atom is 0.252 e. The number of primary amides is 1. The molecule has 63 valence electrons. The molecule has 0 aromatic heterocycles. The Labute approximate surface area is 70.6 Å². The van der Waals surface area contributed by atoms with Gasteiger partial charge in [-0.1, -0.05) is 0 Å². The first kappa shape index (κ1) is 8.52. The standard InChI is InChI=1S/C8H10N3O/c1-4-3-5(2)11-7(9)6(4)8(10)12/h3,9H,1-2H3,(H2,10,12). The number of nitrogens with one attached hydrogen (secondary N) is 1. The quantitative estimate of drug-likeness (QED) is 0.573. The Hall–Kier alpha value is -1.58. The second kappa shape index (κ2) is 2.81. The summed E-state index contributed by atoms with van der Waals surface area (Å²) in [4.78, 5) is 10.8. The molecular weight excluding hydrogens is 154 g/mol. The van der Waals surface area contributed by atoms with E-state index in [9.17, 15) is 4.79 Å². The van der Waals surface area contributed by atoms with Crippen LogP contribution in [0.25, 0.3) is 0 Å². The summed E-state index contributed by atoms with van der Waals surface area (Å²) in [5.41, 5.74) is 6.71. The number of carbonyl (C=O) groups is 1. The second-order valence-corrected chi connectivity index (χ2v) is 2.67. The molecule has 0 aromatic rings. The van der Waals surface area contributed by atoms with Crippen LogP contribution in [0.5, 0.6) is 0 Å². The minimum atomic E-state index is -0.593. The fourth-order valence-electron chi connectivity index (χ4n) is 1.15. The molecule has 1 aliphatic heterocycles. The van der Waals surface area contributed by atoms with E-state index in [0.29, 0.717) is 5.57 Å². The van der Waals surface area contributed by atoms with Crippen LogP contribution in [0, 0.1) is 5.41 Å². The maximum atomic E-state index is 10.8. The third-order valence-corrected chi connectivity index (χ3v) is 1.59. The Balaban J connectivity index is 3.17. The summed E-state index contributed by atoms with van der Waals surface area (Å²) in [6.45, 7) is 3.52. The number of nitrogens with zero attached hydrogens (tertiary/aromatic N) is 1. The van der Waals surface area contributed by atoms with E-state index in [1.807, 2.05) is 0 Å². The first-order valence-electron chi connectivity index (χ1n) is 3.52. The molecule has 1 heterocycles. The van der Waals surface area contributed by atoms with E-state index >= 15 is 0 Å². The molecule has 0 aromatic carbocycles. The molecule has 1 aliphatic rings. The number of amides is 1. The van der Waals surface area contributed by atoms with Crippen molar-refractivity contribution in [2.24, 2.45) is 5.73 Å². The maximum absolute atomic E-state index is 10.8. The lowest BCUT2D eigenvalue weighted by Crippen LogP contribution is -2.29. The van der Waals surface area contributed by atoms with Gasteiger partial charge in [0.1, 0.15) is 0 Å². The van der Waals surface area contributed by atoms with Crippen molar-refractivity contribution in [1.82, 2.24) is 5.32 Å². The Morgan fingerprint density at radius 1 is 1.58 bits per heavy atom. The number of amidine groups is 1. The fraction of sp³-hybridized carbons (Fsp3) is 0.250. The Bertz CT molecular complexity index is 312. The van der Waals surface area contributed by atoms with Crippen molar-refractivity contribution in [3.63, 3.8) is 0 Å². The van der Waals surface area contributed by atoms with Crippen molar-refractivity contribution in [3.05, 3.63) is 22.9 Å². The van der Waals surface area contributed by atoms with Crippen LogP contribution in [0.4, 0.5) is 0 Å². The summed E-state index contributed by atoms with van der Waals surface area (Å²) in [7, 11) is 0. The molecule has 4 heteroatoms. The minimum absolute atomic E-state index is 0.0417. The molecule has 0 unspecified atom stereocenters. The molecule has 0 aliphatic carbocycles. The van der Waals surface area contributed by atoms with Crippen LogP contribution in [0.2, 0.25) is 0 Å². The van der Waals surface area contributed by atoms with Gasteiger partial charge in [-0.15, -0.1) is 0 Å². The van der Waals surface area contributed by atoms with Crippen LogP contribution in [-0.2, 0) is 4.79 Å². The lowest BCUT2D eigenvalue weighted by atomic mass is 10.0. The summed E-state index contributed by atoms with van der Waals surface area (Å²) in [5.74, 6) is -0.634. The second-order valence-electron chi connectivity index (χ2n) is 2.67. The molecule has 0 fully saturated rings. The molecule has 3 N–H and O–H groups in total. The van der Waals surface area contributed by atoms with Crippen molar-refractivity contribution < 1.29 is 4.79 Å². The van der Waals surface area contributed by atoms with E-state index in [1.165, 1.54) is 0 Å². The zero-order chi connectivity index (χ0) is 9.30. The number of rotatable bonds is 1. The number of hydrogen-bond acceptors (Lipinski definition) is 2. The molecule has 0 saturated heterocycles. The molecular formula is C8H10N3O. The number of carbonyl (C=O) groups excluding carboxylic acids is 1. The highest BCUT2D eigenvalue weighted by molar-refractivity contribution is 6.20. The fourth-order valence-corrected chi connectivity index (χ4v) is 1.15. The van der Waals surface area contributed by atoms with Gasteiger partial charge in [-0.05, 0) is 25.5 Å². The molecule has 12 heavy (non-hydrogen) atoms. The highest BCUT2D eigenvalue weighted by Crippen LogP contribution is 2.14. The molecule has 1 radical (unpaired) electrons. The topological polar surface area (TPSA) is 81.0 Å². The predicted molar refractivity (Wildman–Crippen MR) is 45.5 cm³/mol. The van der Waals surface area contributed by atoms with Gasteiger partial charge < -0.3 is 5.73 Å². The van der Waals surface area contributed by atoms with E-state index in [4.69, 9.17) is 11.1 Å². The zero-order valence-corrected chi connectivity index (χ0v) is 7.01. The Morgan fingerprint density at radius 3 is 2.58 bits per heavy atom. The van der Waals surface area contributed by atoms with Crippen molar-refractivity contribution in [2.45, 2.75) is 13.8 Å². The number of nitrogens with two attached hydrogens (primary N) is 1. The SMILES string of the molecule is CC1=CC(C)=C(C(N)=O)C(=N)[N]1. The first-order valence-corrected chi connectivity index (χ1v) is 3.52. The van der Waals surface area contributed by atoms with E-state index in [2.05, 4.69) is 5.32 Å². The number of allylic oxidation sites excluding steroid dienone is 3. The molecule has 0 spiro atoms. The van der Waals surface area contributed by atoms with Crippen LogP contribution >= 0.6 is 0 Å². The van der Waals surface area contributed by atoms with Gasteiger partial charge in [0, 0.05) is 5.70 Å². The highest BCUT2D eigenvalue weighted by Gasteiger charge is 2.19. The van der Waals surface area contributed by atoms with E-state index in [1.54, 1.807) is 19.9 Å². The van der Waals surface area contributed by atoms with Gasteiger partial charge in [0.05, 0.1) is 5.57 Å². The van der Waals surface area contributed by atoms with E-state index < -0.39 is 5.91 Å². The molecule has 1 amide bonds. The Kier molecular flexibility index (Phi) is 1.99. The zero-order valence-electron chi connectivity index (χ0n) is 7.01. The van der Waals surface area contributed by atoms with Gasteiger partial charge >= 0.3 is 0 Å². The molecule has 0 bridgehead atoms. The summed E-state index contributed by atoms with van der Waals surface area (Å²) in [6.07, 6.45) is 1.73. The lowest BCUT2D eigenvalue weighted by Gasteiger charge is -2.13. The summed E-state index contributed by atoms with van der Waals surface area (Å²) in [6, 6.07) is 0. The molecule has 0 saturated carbocycles. The van der Waals surface area contributed by atoms with Gasteiger partial charge in [-0.3, -0.25) is 10.2 Å². The van der Waals surface area contributed by atoms with Gasteiger partial charge in [0.25, 0.3) is 5.91 Å². The summed E-state index contributed by atoms with van der Waals surface area (Å²) >= 11 is 0. The van der Waals surface area contributed by atoms with Crippen molar-refractivity contribution in [1.29, 1.82) is 5.41 Å². The third-order valence-electron chi connectivity index (χ3n) is 1.59. The van der Waals surface area contributed by atoms with Gasteiger partial charge in [-0.25, -0.2) is 5.32 Å². The smallest absolute Gasteiger partial charge is 0.252 e. The first-order chi connectivity index (χ1) is 5.52. The summed E-state index contributed by atoms with van der Waals surface area (Å²) in [5, 5.41) is 11.2. The highest BCUT2D eigenvalue weighted by atomic mass is 16.1. The largest absolute Gasteiger partial charge is 0.365 e. The third kappa shape index (κ3) is 1.37. The normalized spacial score (nSPS) is 17.2. The van der Waals surface area contributed by atoms with Gasteiger partial charge in [-0.2, -0.15) is 0 Å². The average Bonchev–Trinajstić information content (AvgIpc) is 1.82. The van der Waals surface area contributed by atoms with Crippen LogP contribution in [0.1, 0.15) is 13.8 Å². The molecule has 0 atom stereocenters. The van der Waals surface area contributed by atoms with Crippen LogP contribution in [0.3, 0.4) is 0 Å². The monoisotopic (exact) mass is 164 g/mol.